The minimum Gasteiger partial charge on any atom is -0.394 e. The van der Waals surface area contributed by atoms with Crippen LogP contribution in [-0.2, 0) is 119 Å². The molecule has 0 spiro atoms. The molecule has 10 aliphatic rings. The van der Waals surface area contributed by atoms with Crippen molar-refractivity contribution in [2.75, 3.05) is 66.1 Å². The van der Waals surface area contributed by atoms with Crippen LogP contribution >= 0.6 is 0 Å². The van der Waals surface area contributed by atoms with Crippen molar-refractivity contribution in [2.24, 2.45) is 0 Å². The number of rotatable bonds is 34. The van der Waals surface area contributed by atoms with Crippen molar-refractivity contribution >= 4 is 35.4 Å². The Morgan fingerprint density at radius 3 is 0.791 bits per heavy atom. The van der Waals surface area contributed by atoms with Crippen LogP contribution in [0, 0.1) is 0 Å². The fourth-order valence-electron chi connectivity index (χ4n) is 16.7. The van der Waals surface area contributed by atoms with Gasteiger partial charge in [-0.25, -0.2) is 0 Å². The van der Waals surface area contributed by atoms with Gasteiger partial charge in [0.2, 0.25) is 35.4 Å². The van der Waals surface area contributed by atoms with Crippen LogP contribution in [0.1, 0.15) is 41.5 Å². The van der Waals surface area contributed by atoms with E-state index in [1.807, 2.05) is 0 Å². The molecule has 6 amide bonds. The Morgan fingerprint density at radius 1 is 0.202 bits per heavy atom. The van der Waals surface area contributed by atoms with Crippen LogP contribution in [0.4, 0.5) is 0 Å². The summed E-state index contributed by atoms with van der Waals surface area (Å²) < 4.78 is 117. The van der Waals surface area contributed by atoms with Crippen molar-refractivity contribution in [1.29, 1.82) is 0 Å². The summed E-state index contributed by atoms with van der Waals surface area (Å²) in [7, 11) is 0. The maximum absolute atomic E-state index is 13.6. The van der Waals surface area contributed by atoms with Gasteiger partial charge in [0.25, 0.3) is 0 Å². The van der Waals surface area contributed by atoms with Crippen molar-refractivity contribution in [3.8, 4) is 0 Å². The highest BCUT2D eigenvalue weighted by Gasteiger charge is 2.63. The Morgan fingerprint density at radius 2 is 0.434 bits per heavy atom. The van der Waals surface area contributed by atoms with Crippen LogP contribution in [0.15, 0.2) is 0 Å². The molecule has 50 atom stereocenters. The van der Waals surface area contributed by atoms with Gasteiger partial charge in [0.15, 0.2) is 62.9 Å². The molecular weight excluding hydrogens is 1760 g/mol. The molecule has 0 unspecified atom stereocenters. The van der Waals surface area contributed by atoms with Gasteiger partial charge in [-0.1, -0.05) is 0 Å². The van der Waals surface area contributed by atoms with Crippen LogP contribution in [0.5, 0.6) is 0 Å². The highest BCUT2D eigenvalue weighted by Crippen LogP contribution is 2.42. The van der Waals surface area contributed by atoms with E-state index in [0.717, 1.165) is 41.5 Å². The van der Waals surface area contributed by atoms with E-state index in [2.05, 4.69) is 31.9 Å². The predicted molar refractivity (Wildman–Crippen MR) is 399 cm³/mol. The summed E-state index contributed by atoms with van der Waals surface area (Å²) in [5.74, 6) is -5.80. The minimum absolute atomic E-state index is 0.832. The van der Waals surface area contributed by atoms with Crippen molar-refractivity contribution in [2.45, 2.75) is 348 Å². The fourth-order valence-corrected chi connectivity index (χ4v) is 16.7. The van der Waals surface area contributed by atoms with Crippen LogP contribution in [0.25, 0.3) is 0 Å². The number of amides is 6. The molecular formula is C72H120N6O51. The quantitative estimate of drug-likeness (QED) is 0.0284. The summed E-state index contributed by atoms with van der Waals surface area (Å²) in [5, 5.41) is 309. The summed E-state index contributed by atoms with van der Waals surface area (Å²) in [6.45, 7) is -6.47. The third-order valence-electron chi connectivity index (χ3n) is 23.3. The van der Waals surface area contributed by atoms with Crippen molar-refractivity contribution < 1.29 is 252 Å². The first-order chi connectivity index (χ1) is 61.0. The molecule has 57 nitrogen and oxygen atoms in total. The van der Waals surface area contributed by atoms with Crippen molar-refractivity contribution in [3.63, 3.8) is 0 Å². The lowest BCUT2D eigenvalue weighted by atomic mass is 9.93. The SMILES string of the molecule is CC(=O)N[C@@H]1[C@@H](O)[C@H](O[C@@H]2O[C@H](CO)[C@@H](O[C@@H]3O[C@H](CO[C@H]4O[C@H](CO)[C@@H](O)[C@H](O)[C@@H]4O[C@@H]4O[C@H](CO)[C@@H](O)[C@H](O)[C@H]4NC(C)=O)[C@@H](O[C@@H]4O[C@H](CO)[C@@H](O)[C@H](O)[C@H]4NC(C)=O)[C@H](O[C@H]4O[C@H](CO)[C@@H](O[C@@H]5O[C@H](CO)[C@@H](O)[C@H](O)[C@H]5NC(C)=O)[C@H](O)[C@@H]4O[C@@H]4O[C@H](CO)[C@@H](O[C@@H]5O[C@H](CO)[C@H](O)[C@H](O)[C@H]5O)[C@H](O)[C@H]4NC(C)=O)[C@@H]3O)[C@H](O)[C@H]2NC(C)=O)[C@@H](CO)O[C@H]1O. The van der Waals surface area contributed by atoms with Gasteiger partial charge >= 0.3 is 0 Å². The molecule has 32 N–H and O–H groups in total. The zero-order valence-electron chi connectivity index (χ0n) is 69.8. The van der Waals surface area contributed by atoms with E-state index in [1.165, 1.54) is 0 Å². The summed E-state index contributed by atoms with van der Waals surface area (Å²) >= 11 is 0. The molecule has 10 fully saturated rings. The molecule has 0 saturated carbocycles. The molecule has 57 heteroatoms. The number of carbonyl (C=O) groups excluding carboxylic acids is 6. The van der Waals surface area contributed by atoms with E-state index in [4.69, 9.17) is 90.0 Å². The van der Waals surface area contributed by atoms with E-state index in [-0.39, 0.29) is 0 Å². The predicted octanol–water partition coefficient (Wildman–Crippen LogP) is -21.9. The molecule has 10 saturated heterocycles. The van der Waals surface area contributed by atoms with Crippen LogP contribution < -0.4 is 31.9 Å². The zero-order valence-corrected chi connectivity index (χ0v) is 69.8. The van der Waals surface area contributed by atoms with Gasteiger partial charge in [-0.15, -0.1) is 0 Å². The van der Waals surface area contributed by atoms with Crippen molar-refractivity contribution in [1.82, 2.24) is 31.9 Å². The first kappa shape index (κ1) is 106. The molecule has 0 aromatic rings. The third-order valence-corrected chi connectivity index (χ3v) is 23.3. The molecule has 129 heavy (non-hydrogen) atoms. The lowest BCUT2D eigenvalue weighted by molar-refractivity contribution is -0.413. The summed E-state index contributed by atoms with van der Waals surface area (Å²) in [5.41, 5.74) is 0. The Labute approximate surface area is 731 Å². The number of ether oxygens (including phenoxy) is 19. The monoisotopic (exact) mass is 1880 g/mol. The lowest BCUT2D eigenvalue weighted by Gasteiger charge is -2.53. The third kappa shape index (κ3) is 24.0. The summed E-state index contributed by atoms with van der Waals surface area (Å²) in [4.78, 5) is 77.9. The second-order valence-corrected chi connectivity index (χ2v) is 32.4. The maximum Gasteiger partial charge on any atom is 0.217 e. The first-order valence-corrected chi connectivity index (χ1v) is 41.1. The average Bonchev–Trinajstić information content (AvgIpc) is 0.779. The standard InChI is InChI=1S/C72H120N6O51/c1-17(88)73-33-47(102)55(28(12-84)112-63(33)110)122-67-37(77-21(5)92)48(103)57(30(14-86)118-67)125-70-54(109)60(59(126-65-35(75-19(3)90)45(100)40(95)24(8-80)114-65)32(121-70)16-111-71-61(51(106)43(98)27(11-83)117-71)128-66-36(76-20(4)91)46(101)41(96)25(9-81)115-66)127-72-62(53(108)58(31(15-87)120-72)123-64-34(74-18(2)89)44(99)39(94)23(7-79)113-64)129-68-38(78-22(6)93)49(104)56(29(13-85)119-68)124-69-52(107)50(105)42(97)26(10-82)116-69/h23-72,79-87,94-110H,7-16H2,1-6H3,(H,73,88)(H,74,89)(H,75,90)(H,76,91)(H,77,92)(H,78,93)/t23-,24-,25-,26-,27-,28-,29-,30-,31-,32-,33-,34-,35-,36-,37-,38-,39-,40-,41-,42+,43-,44-,45-,46-,47-,48-,49-,50+,51+,52-,53+,54+,55-,56-,57-,58-,59-,60-,61+,62+,63-,64+,65+,66+,67+,68+,69+,70+,71+,72-/m1/s1. The molecule has 10 aliphatic heterocycles. The first-order valence-electron chi connectivity index (χ1n) is 41.1. The van der Waals surface area contributed by atoms with Crippen LogP contribution in [0.3, 0.4) is 0 Å². The molecule has 0 aliphatic carbocycles. The van der Waals surface area contributed by atoms with E-state index in [9.17, 15) is 162 Å². The van der Waals surface area contributed by atoms with Gasteiger partial charge in [-0.3, -0.25) is 28.8 Å². The largest absolute Gasteiger partial charge is 0.394 e. The number of aliphatic hydroxyl groups excluding tert-OH is 26. The summed E-state index contributed by atoms with van der Waals surface area (Å²) in [6, 6.07) is -11.8. The molecule has 0 aromatic heterocycles. The molecule has 0 radical (unpaired) electrons. The van der Waals surface area contributed by atoms with Gasteiger partial charge in [-0.2, -0.15) is 0 Å². The van der Waals surface area contributed by atoms with Crippen molar-refractivity contribution in [3.05, 3.63) is 0 Å². The highest BCUT2D eigenvalue weighted by atomic mass is 16.8. The Bertz CT molecular complexity index is 3570. The zero-order chi connectivity index (χ0) is 95.1. The van der Waals surface area contributed by atoms with Gasteiger partial charge in [0.1, 0.15) is 244 Å². The normalized spacial score (nSPS) is 47.5. The second kappa shape index (κ2) is 46.7. The molecule has 0 bridgehead atoms. The number of nitrogens with one attached hydrogen (secondary N) is 6. The lowest BCUT2D eigenvalue weighted by Crippen LogP contribution is -2.72. The highest BCUT2D eigenvalue weighted by molar-refractivity contribution is 5.75. The van der Waals surface area contributed by atoms with Gasteiger partial charge in [0, 0.05) is 41.5 Å². The van der Waals surface area contributed by atoms with Crippen LogP contribution in [-0.4, -0.2) is 541 Å². The Balaban J connectivity index is 1.15. The number of aliphatic hydroxyl groups is 26. The topological polar surface area (TPSA) is 876 Å². The van der Waals surface area contributed by atoms with E-state index in [1.54, 1.807) is 0 Å². The fraction of sp³-hybridized carbons (Fsp3) is 0.917. The van der Waals surface area contributed by atoms with E-state index in [0.29, 0.717) is 0 Å². The number of hydrogen-bond donors (Lipinski definition) is 32. The van der Waals surface area contributed by atoms with E-state index >= 15 is 0 Å². The van der Waals surface area contributed by atoms with Gasteiger partial charge in [0.05, 0.1) is 66.1 Å². The molecule has 10 heterocycles. The Kier molecular flexibility index (Phi) is 38.4. The molecule has 0 aromatic carbocycles. The van der Waals surface area contributed by atoms with E-state index < -0.39 is 408 Å². The Hall–Kier alpha value is -4.98. The number of carbonyl (C=O) groups is 6. The smallest absolute Gasteiger partial charge is 0.217 e. The second-order valence-electron chi connectivity index (χ2n) is 32.4. The number of hydrogen-bond acceptors (Lipinski definition) is 51. The minimum atomic E-state index is -2.85. The maximum atomic E-state index is 13.6. The van der Waals surface area contributed by atoms with Gasteiger partial charge < -0.3 is 255 Å². The van der Waals surface area contributed by atoms with Crippen LogP contribution in [0.2, 0.25) is 0 Å². The summed E-state index contributed by atoms with van der Waals surface area (Å²) in [6.07, 6.45) is -97.4. The average molecular weight is 1890 g/mol. The van der Waals surface area contributed by atoms with Gasteiger partial charge in [-0.05, 0) is 0 Å². The molecule has 744 valence electrons. The molecule has 10 rings (SSSR count).